The van der Waals surface area contributed by atoms with E-state index in [4.69, 9.17) is 14.9 Å². The molecule has 1 aromatic heterocycles. The van der Waals surface area contributed by atoms with E-state index in [2.05, 4.69) is 21.2 Å². The maximum atomic E-state index is 12.0. The van der Waals surface area contributed by atoms with Crippen molar-refractivity contribution in [2.75, 3.05) is 7.11 Å². The van der Waals surface area contributed by atoms with Gasteiger partial charge in [-0.3, -0.25) is 9.59 Å². The van der Waals surface area contributed by atoms with Crippen molar-refractivity contribution in [3.8, 4) is 5.75 Å². The van der Waals surface area contributed by atoms with Crippen LogP contribution in [0.1, 0.15) is 16.1 Å². The molecule has 0 aliphatic rings. The number of primary amides is 1. The fourth-order valence-electron chi connectivity index (χ4n) is 1.66. The smallest absolute Gasteiger partial charge is 0.291 e. The Balaban J connectivity index is 2.20. The number of carbonyl (C=O) groups excluding carboxylic acids is 2. The molecule has 0 saturated heterocycles. The highest BCUT2D eigenvalue weighted by Gasteiger charge is 2.15. The van der Waals surface area contributed by atoms with Gasteiger partial charge in [0.15, 0.2) is 10.4 Å². The van der Waals surface area contributed by atoms with E-state index < -0.39 is 11.8 Å². The zero-order valence-corrected chi connectivity index (χ0v) is 13.2. The highest BCUT2D eigenvalue weighted by molar-refractivity contribution is 9.10. The summed E-state index contributed by atoms with van der Waals surface area (Å²) < 4.78 is 10.6. The van der Waals surface area contributed by atoms with Gasteiger partial charge in [-0.1, -0.05) is 12.1 Å². The third kappa shape index (κ3) is 3.98. The van der Waals surface area contributed by atoms with E-state index >= 15 is 0 Å². The first kappa shape index (κ1) is 15.8. The first-order chi connectivity index (χ1) is 10.5. The molecule has 2 amide bonds. The molecule has 0 atom stereocenters. The van der Waals surface area contributed by atoms with E-state index in [0.29, 0.717) is 16.0 Å². The number of halogens is 1. The van der Waals surface area contributed by atoms with E-state index in [0.717, 1.165) is 0 Å². The topological polar surface area (TPSA) is 94.6 Å². The number of benzene rings is 1. The summed E-state index contributed by atoms with van der Waals surface area (Å²) in [4.78, 5) is 23.4. The number of hydrogen-bond donors (Lipinski definition) is 2. The minimum Gasteiger partial charge on any atom is -0.497 e. The zero-order valence-electron chi connectivity index (χ0n) is 11.6. The van der Waals surface area contributed by atoms with E-state index in [1.54, 1.807) is 37.4 Å². The highest BCUT2D eigenvalue weighted by atomic mass is 79.9. The van der Waals surface area contributed by atoms with Crippen molar-refractivity contribution in [3.05, 3.63) is 58.1 Å². The molecule has 22 heavy (non-hydrogen) atoms. The van der Waals surface area contributed by atoms with Gasteiger partial charge in [0, 0.05) is 0 Å². The first-order valence-electron chi connectivity index (χ1n) is 6.22. The van der Waals surface area contributed by atoms with Gasteiger partial charge in [-0.15, -0.1) is 0 Å². The van der Waals surface area contributed by atoms with Crippen molar-refractivity contribution in [2.24, 2.45) is 5.73 Å². The maximum absolute atomic E-state index is 12.0. The average molecular weight is 365 g/mol. The molecule has 6 nitrogen and oxygen atoms in total. The standard InChI is InChI=1S/C15H13BrN2O4/c1-21-10-4-2-9(3-5-10)8-11(14(17)19)18-15(20)12-6-7-13(16)22-12/h2-8H,1H3,(H2,17,19)(H,18,20)/b11-8-. The number of carbonyl (C=O) groups is 2. The van der Waals surface area contributed by atoms with Crippen LogP contribution < -0.4 is 15.8 Å². The summed E-state index contributed by atoms with van der Waals surface area (Å²) in [5.41, 5.74) is 5.94. The second-order valence-corrected chi connectivity index (χ2v) is 5.03. The minimum atomic E-state index is -0.755. The molecular formula is C15H13BrN2O4. The van der Waals surface area contributed by atoms with Crippen LogP contribution in [0, 0.1) is 0 Å². The summed E-state index contributed by atoms with van der Waals surface area (Å²) in [6.45, 7) is 0. The molecule has 0 unspecified atom stereocenters. The van der Waals surface area contributed by atoms with E-state index in [1.165, 1.54) is 12.1 Å². The van der Waals surface area contributed by atoms with Gasteiger partial charge >= 0.3 is 0 Å². The van der Waals surface area contributed by atoms with Crippen molar-refractivity contribution in [1.29, 1.82) is 0 Å². The van der Waals surface area contributed by atoms with Crippen molar-refractivity contribution >= 4 is 33.8 Å². The Bertz CT molecular complexity index is 719. The van der Waals surface area contributed by atoms with Gasteiger partial charge < -0.3 is 20.2 Å². The molecule has 0 radical (unpaired) electrons. The Morgan fingerprint density at radius 3 is 2.41 bits per heavy atom. The van der Waals surface area contributed by atoms with Crippen LogP contribution in [0.5, 0.6) is 5.75 Å². The summed E-state index contributed by atoms with van der Waals surface area (Å²) in [6.07, 6.45) is 1.47. The van der Waals surface area contributed by atoms with E-state index in [-0.39, 0.29) is 11.5 Å². The van der Waals surface area contributed by atoms with Crippen LogP contribution in [0.2, 0.25) is 0 Å². The molecule has 1 heterocycles. The Morgan fingerprint density at radius 2 is 1.91 bits per heavy atom. The number of nitrogens with two attached hydrogens (primary N) is 1. The molecule has 0 aliphatic heterocycles. The van der Waals surface area contributed by atoms with E-state index in [1.807, 2.05) is 0 Å². The molecular weight excluding hydrogens is 352 g/mol. The quantitative estimate of drug-likeness (QED) is 0.795. The Hall–Kier alpha value is -2.54. The minimum absolute atomic E-state index is 0.0392. The van der Waals surface area contributed by atoms with Gasteiger partial charge in [0.25, 0.3) is 11.8 Å². The van der Waals surface area contributed by atoms with Crippen LogP contribution in [0.4, 0.5) is 0 Å². The molecule has 0 spiro atoms. The summed E-state index contributed by atoms with van der Waals surface area (Å²) in [5, 5.41) is 2.42. The number of amides is 2. The SMILES string of the molecule is COc1ccc(/C=C(\NC(=O)c2ccc(Br)o2)C(N)=O)cc1. The summed E-state index contributed by atoms with van der Waals surface area (Å²) in [7, 11) is 1.56. The number of rotatable bonds is 5. The molecule has 2 rings (SSSR count). The van der Waals surface area contributed by atoms with Crippen molar-refractivity contribution in [3.63, 3.8) is 0 Å². The van der Waals surface area contributed by atoms with Crippen molar-refractivity contribution in [1.82, 2.24) is 5.32 Å². The lowest BCUT2D eigenvalue weighted by Gasteiger charge is -2.06. The number of furan rings is 1. The maximum Gasteiger partial charge on any atom is 0.291 e. The van der Waals surface area contributed by atoms with Crippen LogP contribution in [0.25, 0.3) is 6.08 Å². The van der Waals surface area contributed by atoms with Gasteiger partial charge in [0.2, 0.25) is 0 Å². The number of hydrogen-bond acceptors (Lipinski definition) is 4. The van der Waals surface area contributed by atoms with Crippen LogP contribution in [0.3, 0.4) is 0 Å². The molecule has 1 aromatic carbocycles. The monoisotopic (exact) mass is 364 g/mol. The van der Waals surface area contributed by atoms with Crippen LogP contribution >= 0.6 is 15.9 Å². The normalized spacial score (nSPS) is 11.1. The third-order valence-corrected chi connectivity index (χ3v) is 3.16. The summed E-state index contributed by atoms with van der Waals surface area (Å²) in [6, 6.07) is 9.98. The molecule has 0 saturated carbocycles. The first-order valence-corrected chi connectivity index (χ1v) is 7.01. The molecule has 0 aliphatic carbocycles. The van der Waals surface area contributed by atoms with Crippen LogP contribution in [-0.4, -0.2) is 18.9 Å². The summed E-state index contributed by atoms with van der Waals surface area (Å²) in [5.74, 6) is -0.574. The van der Waals surface area contributed by atoms with Gasteiger partial charge in [0.1, 0.15) is 11.4 Å². The second kappa shape index (κ2) is 6.95. The largest absolute Gasteiger partial charge is 0.497 e. The number of ether oxygens (including phenoxy) is 1. The fourth-order valence-corrected chi connectivity index (χ4v) is 1.96. The van der Waals surface area contributed by atoms with Crippen LogP contribution in [-0.2, 0) is 4.79 Å². The average Bonchev–Trinajstić information content (AvgIpc) is 2.94. The molecule has 3 N–H and O–H groups in total. The second-order valence-electron chi connectivity index (χ2n) is 4.25. The predicted octanol–water partition coefficient (Wildman–Crippen LogP) is 2.31. The lowest BCUT2D eigenvalue weighted by molar-refractivity contribution is -0.114. The molecule has 0 bridgehead atoms. The number of methoxy groups -OCH3 is 1. The molecule has 7 heteroatoms. The van der Waals surface area contributed by atoms with E-state index in [9.17, 15) is 9.59 Å². The lowest BCUT2D eigenvalue weighted by Crippen LogP contribution is -2.30. The van der Waals surface area contributed by atoms with Crippen molar-refractivity contribution < 1.29 is 18.7 Å². The Labute approximate surface area is 135 Å². The Kier molecular flexibility index (Phi) is 5.00. The van der Waals surface area contributed by atoms with Gasteiger partial charge in [-0.25, -0.2) is 0 Å². The fraction of sp³-hybridized carbons (Fsp3) is 0.0667. The number of nitrogens with one attached hydrogen (secondary N) is 1. The van der Waals surface area contributed by atoms with Gasteiger partial charge in [-0.2, -0.15) is 0 Å². The molecule has 114 valence electrons. The lowest BCUT2D eigenvalue weighted by atomic mass is 10.2. The van der Waals surface area contributed by atoms with Crippen molar-refractivity contribution in [2.45, 2.75) is 0 Å². The Morgan fingerprint density at radius 1 is 1.23 bits per heavy atom. The molecule has 2 aromatic rings. The predicted molar refractivity (Wildman–Crippen MR) is 84.0 cm³/mol. The van der Waals surface area contributed by atoms with Crippen LogP contribution in [0.15, 0.2) is 51.2 Å². The van der Waals surface area contributed by atoms with Gasteiger partial charge in [-0.05, 0) is 51.8 Å². The van der Waals surface area contributed by atoms with Gasteiger partial charge in [0.05, 0.1) is 7.11 Å². The summed E-state index contributed by atoms with van der Waals surface area (Å²) >= 11 is 3.10. The molecule has 0 fully saturated rings. The zero-order chi connectivity index (χ0) is 16.1. The highest BCUT2D eigenvalue weighted by Crippen LogP contribution is 2.15. The third-order valence-electron chi connectivity index (χ3n) is 2.74.